The van der Waals surface area contributed by atoms with Gasteiger partial charge in [0.15, 0.2) is 9.84 Å². The first-order valence-electron chi connectivity index (χ1n) is 7.42. The first-order chi connectivity index (χ1) is 10.9. The molecule has 0 saturated heterocycles. The summed E-state index contributed by atoms with van der Waals surface area (Å²) in [6.45, 7) is 2.15. The lowest BCUT2D eigenvalue weighted by Gasteiger charge is -2.12. The highest BCUT2D eigenvalue weighted by Crippen LogP contribution is 2.17. The lowest BCUT2D eigenvalue weighted by atomic mass is 10.0. The topological polar surface area (TPSA) is 89.0 Å². The van der Waals surface area contributed by atoms with Gasteiger partial charge >= 0.3 is 5.69 Å². The van der Waals surface area contributed by atoms with Crippen LogP contribution in [0.4, 0.5) is 0 Å². The zero-order valence-electron chi connectivity index (χ0n) is 12.9. The minimum absolute atomic E-state index is 0.00966. The third-order valence-electron chi connectivity index (χ3n) is 3.62. The number of benzene rings is 1. The van der Waals surface area contributed by atoms with Gasteiger partial charge in [0.1, 0.15) is 0 Å². The second-order valence-electron chi connectivity index (χ2n) is 5.58. The summed E-state index contributed by atoms with van der Waals surface area (Å²) < 4.78 is 25.7. The molecule has 124 valence electrons. The SMILES string of the molecule is C[C@@H](CS(=O)(=O)CCCn1ccc(=O)[nH]c1=O)c1ccccc1. The Kier molecular flexibility index (Phi) is 5.54. The van der Waals surface area contributed by atoms with Crippen LogP contribution < -0.4 is 11.2 Å². The zero-order valence-corrected chi connectivity index (χ0v) is 13.8. The highest BCUT2D eigenvalue weighted by molar-refractivity contribution is 7.91. The van der Waals surface area contributed by atoms with E-state index in [1.54, 1.807) is 0 Å². The largest absolute Gasteiger partial charge is 0.328 e. The van der Waals surface area contributed by atoms with Crippen LogP contribution in [0.3, 0.4) is 0 Å². The Balaban J connectivity index is 1.91. The lowest BCUT2D eigenvalue weighted by molar-refractivity contribution is 0.576. The first-order valence-corrected chi connectivity index (χ1v) is 9.25. The quantitative estimate of drug-likeness (QED) is 0.821. The first kappa shape index (κ1) is 17.2. The fraction of sp³-hybridized carbons (Fsp3) is 0.375. The third-order valence-corrected chi connectivity index (χ3v) is 5.54. The van der Waals surface area contributed by atoms with Gasteiger partial charge in [-0.1, -0.05) is 37.3 Å². The van der Waals surface area contributed by atoms with Crippen LogP contribution in [0.1, 0.15) is 24.8 Å². The minimum Gasteiger partial charge on any atom is -0.301 e. The van der Waals surface area contributed by atoms with Crippen molar-refractivity contribution >= 4 is 9.84 Å². The molecule has 0 aliphatic heterocycles. The summed E-state index contributed by atoms with van der Waals surface area (Å²) in [7, 11) is -3.21. The summed E-state index contributed by atoms with van der Waals surface area (Å²) in [6.07, 6.45) is 1.70. The average Bonchev–Trinajstić information content (AvgIpc) is 2.50. The highest BCUT2D eigenvalue weighted by Gasteiger charge is 2.17. The summed E-state index contributed by atoms with van der Waals surface area (Å²) in [6, 6.07) is 10.8. The molecule has 1 aromatic heterocycles. The third kappa shape index (κ3) is 5.21. The maximum Gasteiger partial charge on any atom is 0.328 e. The van der Waals surface area contributed by atoms with Gasteiger partial charge in [0.05, 0.1) is 11.5 Å². The number of hydrogen-bond acceptors (Lipinski definition) is 4. The van der Waals surface area contributed by atoms with Crippen LogP contribution in [0.2, 0.25) is 0 Å². The molecule has 2 rings (SSSR count). The molecule has 1 aromatic carbocycles. The smallest absolute Gasteiger partial charge is 0.301 e. The van der Waals surface area contributed by atoms with Gasteiger partial charge in [-0.2, -0.15) is 0 Å². The van der Waals surface area contributed by atoms with E-state index in [1.165, 1.54) is 16.8 Å². The van der Waals surface area contributed by atoms with Crippen molar-refractivity contribution in [3.63, 3.8) is 0 Å². The van der Waals surface area contributed by atoms with E-state index >= 15 is 0 Å². The molecule has 2 aromatic rings. The fourth-order valence-corrected chi connectivity index (χ4v) is 4.11. The molecule has 0 spiro atoms. The maximum absolute atomic E-state index is 12.2. The van der Waals surface area contributed by atoms with E-state index in [-0.39, 0.29) is 24.0 Å². The standard InChI is InChI=1S/C16H20N2O4S/c1-13(14-6-3-2-4-7-14)12-23(21,22)11-5-9-18-10-8-15(19)17-16(18)20/h2-4,6-8,10,13H,5,9,11-12H2,1H3,(H,17,19,20)/t13-/m0/s1. The number of rotatable bonds is 7. The number of aromatic amines is 1. The van der Waals surface area contributed by atoms with Crippen molar-refractivity contribution in [2.75, 3.05) is 11.5 Å². The molecule has 0 bridgehead atoms. The van der Waals surface area contributed by atoms with E-state index in [0.717, 1.165) is 5.56 Å². The summed E-state index contributed by atoms with van der Waals surface area (Å²) in [5.41, 5.74) is 0.0102. The molecule has 0 radical (unpaired) electrons. The van der Waals surface area contributed by atoms with Crippen molar-refractivity contribution in [2.45, 2.75) is 25.8 Å². The molecular formula is C16H20N2O4S. The number of aromatic nitrogens is 2. The predicted molar refractivity (Wildman–Crippen MR) is 89.5 cm³/mol. The number of sulfone groups is 1. The molecule has 23 heavy (non-hydrogen) atoms. The molecule has 0 saturated carbocycles. The van der Waals surface area contributed by atoms with Gasteiger partial charge in [0, 0.05) is 18.8 Å². The maximum atomic E-state index is 12.2. The Morgan fingerprint density at radius 3 is 2.48 bits per heavy atom. The molecule has 1 N–H and O–H groups in total. The van der Waals surface area contributed by atoms with Crippen LogP contribution in [0.25, 0.3) is 0 Å². The Hall–Kier alpha value is -2.15. The number of aryl methyl sites for hydroxylation is 1. The second-order valence-corrected chi connectivity index (χ2v) is 7.81. The Morgan fingerprint density at radius 2 is 1.83 bits per heavy atom. The molecule has 0 fully saturated rings. The van der Waals surface area contributed by atoms with Crippen LogP contribution in [-0.2, 0) is 16.4 Å². The normalized spacial score (nSPS) is 12.9. The van der Waals surface area contributed by atoms with E-state index in [1.807, 2.05) is 37.3 Å². The van der Waals surface area contributed by atoms with Gasteiger partial charge < -0.3 is 4.57 Å². The van der Waals surface area contributed by atoms with Crippen LogP contribution in [0.15, 0.2) is 52.2 Å². The van der Waals surface area contributed by atoms with Gasteiger partial charge in [0.25, 0.3) is 5.56 Å². The van der Waals surface area contributed by atoms with E-state index in [0.29, 0.717) is 6.42 Å². The Morgan fingerprint density at radius 1 is 1.13 bits per heavy atom. The number of H-pyrrole nitrogens is 1. The van der Waals surface area contributed by atoms with E-state index < -0.39 is 21.1 Å². The molecule has 0 unspecified atom stereocenters. The molecule has 1 atom stereocenters. The van der Waals surface area contributed by atoms with Crippen LogP contribution in [0, 0.1) is 0 Å². The Labute approximate surface area is 134 Å². The van der Waals surface area contributed by atoms with Crippen molar-refractivity contribution in [3.8, 4) is 0 Å². The predicted octanol–water partition coefficient (Wildman–Crippen LogP) is 1.15. The van der Waals surface area contributed by atoms with Crippen LogP contribution in [0.5, 0.6) is 0 Å². The minimum atomic E-state index is -3.21. The van der Waals surface area contributed by atoms with Gasteiger partial charge in [-0.25, -0.2) is 13.2 Å². The average molecular weight is 336 g/mol. The molecule has 0 aliphatic carbocycles. The van der Waals surface area contributed by atoms with Crippen LogP contribution >= 0.6 is 0 Å². The summed E-state index contributed by atoms with van der Waals surface area (Å²) in [4.78, 5) is 24.6. The van der Waals surface area contributed by atoms with Crippen molar-refractivity contribution in [2.24, 2.45) is 0 Å². The molecule has 1 heterocycles. The number of nitrogens with one attached hydrogen (secondary N) is 1. The van der Waals surface area contributed by atoms with E-state index in [2.05, 4.69) is 4.98 Å². The zero-order chi connectivity index (χ0) is 16.9. The van der Waals surface area contributed by atoms with Crippen molar-refractivity contribution in [1.82, 2.24) is 9.55 Å². The van der Waals surface area contributed by atoms with Gasteiger partial charge in [-0.05, 0) is 17.9 Å². The van der Waals surface area contributed by atoms with Gasteiger partial charge in [-0.15, -0.1) is 0 Å². The van der Waals surface area contributed by atoms with Crippen molar-refractivity contribution in [1.29, 1.82) is 0 Å². The highest BCUT2D eigenvalue weighted by atomic mass is 32.2. The number of nitrogens with zero attached hydrogens (tertiary/aromatic N) is 1. The molecule has 6 nitrogen and oxygen atoms in total. The molecule has 0 amide bonds. The lowest BCUT2D eigenvalue weighted by Crippen LogP contribution is -2.29. The number of hydrogen-bond donors (Lipinski definition) is 1. The fourth-order valence-electron chi connectivity index (χ4n) is 2.42. The molecule has 0 aliphatic rings. The molecular weight excluding hydrogens is 316 g/mol. The second kappa shape index (κ2) is 7.41. The van der Waals surface area contributed by atoms with E-state index in [9.17, 15) is 18.0 Å². The van der Waals surface area contributed by atoms with E-state index in [4.69, 9.17) is 0 Å². The summed E-state index contributed by atoms with van der Waals surface area (Å²) in [5, 5.41) is 0. The summed E-state index contributed by atoms with van der Waals surface area (Å²) >= 11 is 0. The van der Waals surface area contributed by atoms with Crippen molar-refractivity contribution in [3.05, 3.63) is 69.0 Å². The Bertz CT molecular complexity index is 853. The monoisotopic (exact) mass is 336 g/mol. The van der Waals surface area contributed by atoms with Crippen LogP contribution in [-0.4, -0.2) is 29.5 Å². The van der Waals surface area contributed by atoms with Gasteiger partial charge in [0.2, 0.25) is 0 Å². The summed E-state index contributed by atoms with van der Waals surface area (Å²) in [5.74, 6) is 0.0183. The molecule has 7 heteroatoms. The van der Waals surface area contributed by atoms with Crippen molar-refractivity contribution < 1.29 is 8.42 Å². The van der Waals surface area contributed by atoms with Gasteiger partial charge in [-0.3, -0.25) is 9.78 Å².